The van der Waals surface area contributed by atoms with E-state index in [1.807, 2.05) is 30.3 Å². The molecule has 1 atom stereocenters. The number of amides is 1. The molecule has 0 bridgehead atoms. The number of carbonyl (C=O) groups excluding carboxylic acids is 2. The molecule has 1 fully saturated rings. The Labute approximate surface area is 111 Å². The number of hydrogen-bond acceptors (Lipinski definition) is 4. The van der Waals surface area contributed by atoms with Crippen molar-refractivity contribution in [2.45, 2.75) is 19.4 Å². The van der Waals surface area contributed by atoms with Crippen LogP contribution in [0.1, 0.15) is 18.4 Å². The monoisotopic (exact) mass is 262 g/mol. The summed E-state index contributed by atoms with van der Waals surface area (Å²) in [5, 5.41) is 10.8. The van der Waals surface area contributed by atoms with E-state index in [0.717, 1.165) is 5.56 Å². The SMILES string of the molecule is O=C([O-])[C@H]1CCCN(C(=O)OCc2ccccc2)C1. The smallest absolute Gasteiger partial charge is 0.410 e. The van der Waals surface area contributed by atoms with Gasteiger partial charge in [0.1, 0.15) is 6.61 Å². The van der Waals surface area contributed by atoms with Gasteiger partial charge in [-0.05, 0) is 18.4 Å². The van der Waals surface area contributed by atoms with Crippen LogP contribution in [0.2, 0.25) is 0 Å². The van der Waals surface area contributed by atoms with E-state index in [4.69, 9.17) is 4.74 Å². The lowest BCUT2D eigenvalue weighted by Gasteiger charge is -2.32. The van der Waals surface area contributed by atoms with Gasteiger partial charge in [0.2, 0.25) is 0 Å². The summed E-state index contributed by atoms with van der Waals surface area (Å²) in [6, 6.07) is 9.37. The van der Waals surface area contributed by atoms with E-state index >= 15 is 0 Å². The van der Waals surface area contributed by atoms with Crippen molar-refractivity contribution in [3.05, 3.63) is 35.9 Å². The van der Waals surface area contributed by atoms with Gasteiger partial charge in [0.15, 0.2) is 0 Å². The molecule has 0 unspecified atom stereocenters. The molecule has 1 heterocycles. The van der Waals surface area contributed by atoms with Gasteiger partial charge in [0.05, 0.1) is 0 Å². The highest BCUT2D eigenvalue weighted by molar-refractivity contribution is 5.71. The zero-order valence-electron chi connectivity index (χ0n) is 10.6. The maximum Gasteiger partial charge on any atom is 0.410 e. The minimum absolute atomic E-state index is 0.177. The van der Waals surface area contributed by atoms with Crippen molar-refractivity contribution in [1.29, 1.82) is 0 Å². The van der Waals surface area contributed by atoms with Crippen LogP contribution in [0.15, 0.2) is 30.3 Å². The Bertz CT molecular complexity index is 446. The summed E-state index contributed by atoms with van der Waals surface area (Å²) in [6.45, 7) is 0.916. The third-order valence-electron chi connectivity index (χ3n) is 3.22. The normalized spacial score (nSPS) is 18.9. The average molecular weight is 262 g/mol. The lowest BCUT2D eigenvalue weighted by atomic mass is 9.99. The molecule has 0 radical (unpaired) electrons. The molecule has 1 aromatic carbocycles. The van der Waals surface area contributed by atoms with Crippen molar-refractivity contribution in [3.8, 4) is 0 Å². The molecule has 1 saturated heterocycles. The highest BCUT2D eigenvalue weighted by Crippen LogP contribution is 2.17. The third-order valence-corrected chi connectivity index (χ3v) is 3.22. The van der Waals surface area contributed by atoms with Crippen molar-refractivity contribution >= 4 is 12.1 Å². The van der Waals surface area contributed by atoms with Crippen LogP contribution in [0.4, 0.5) is 4.79 Å². The molecule has 1 aliphatic heterocycles. The topological polar surface area (TPSA) is 69.7 Å². The number of piperidine rings is 1. The van der Waals surface area contributed by atoms with Gasteiger partial charge in [-0.2, -0.15) is 0 Å². The summed E-state index contributed by atoms with van der Waals surface area (Å²) >= 11 is 0. The van der Waals surface area contributed by atoms with Crippen LogP contribution >= 0.6 is 0 Å². The Morgan fingerprint density at radius 3 is 2.74 bits per heavy atom. The highest BCUT2D eigenvalue weighted by atomic mass is 16.6. The molecular weight excluding hydrogens is 246 g/mol. The molecule has 1 aliphatic rings. The van der Waals surface area contributed by atoms with Gasteiger partial charge in [-0.25, -0.2) is 4.79 Å². The summed E-state index contributed by atoms with van der Waals surface area (Å²) in [4.78, 5) is 24.1. The van der Waals surface area contributed by atoms with E-state index in [1.165, 1.54) is 4.90 Å². The van der Waals surface area contributed by atoms with E-state index in [2.05, 4.69) is 0 Å². The number of rotatable bonds is 3. The number of benzene rings is 1. The molecular formula is C14H16NO4-. The number of carbonyl (C=O) groups is 2. The maximum atomic E-state index is 11.8. The first kappa shape index (κ1) is 13.4. The minimum Gasteiger partial charge on any atom is -0.550 e. The van der Waals surface area contributed by atoms with Crippen LogP contribution in [0.3, 0.4) is 0 Å². The fourth-order valence-corrected chi connectivity index (χ4v) is 2.15. The van der Waals surface area contributed by atoms with Gasteiger partial charge < -0.3 is 19.5 Å². The molecule has 0 aromatic heterocycles. The Hall–Kier alpha value is -2.04. The van der Waals surface area contributed by atoms with Gasteiger partial charge in [-0.1, -0.05) is 30.3 Å². The number of aliphatic carboxylic acids is 1. The first-order valence-corrected chi connectivity index (χ1v) is 6.33. The summed E-state index contributed by atoms with van der Waals surface area (Å²) in [6.07, 6.45) is 0.763. The lowest BCUT2D eigenvalue weighted by Crippen LogP contribution is -2.46. The van der Waals surface area contributed by atoms with Crippen LogP contribution < -0.4 is 5.11 Å². The molecule has 5 heteroatoms. The molecule has 0 aliphatic carbocycles. The van der Waals surface area contributed by atoms with Gasteiger partial charge in [-0.15, -0.1) is 0 Å². The molecule has 102 valence electrons. The molecule has 0 N–H and O–H groups in total. The summed E-state index contributed by atoms with van der Waals surface area (Å²) in [7, 11) is 0. The second kappa shape index (κ2) is 6.22. The number of ether oxygens (including phenoxy) is 1. The van der Waals surface area contributed by atoms with Gasteiger partial charge >= 0.3 is 6.09 Å². The van der Waals surface area contributed by atoms with Gasteiger partial charge in [0, 0.05) is 25.0 Å². The number of carboxylic acids is 1. The Balaban J connectivity index is 1.84. The molecule has 1 amide bonds. The van der Waals surface area contributed by atoms with Crippen LogP contribution in [0.25, 0.3) is 0 Å². The van der Waals surface area contributed by atoms with Crippen molar-refractivity contribution < 1.29 is 19.4 Å². The third kappa shape index (κ3) is 3.71. The van der Waals surface area contributed by atoms with Crippen LogP contribution in [0.5, 0.6) is 0 Å². The van der Waals surface area contributed by atoms with E-state index in [-0.39, 0.29) is 13.2 Å². The number of hydrogen-bond donors (Lipinski definition) is 0. The van der Waals surface area contributed by atoms with E-state index in [0.29, 0.717) is 19.4 Å². The summed E-state index contributed by atoms with van der Waals surface area (Å²) < 4.78 is 5.17. The van der Waals surface area contributed by atoms with Crippen molar-refractivity contribution in [2.75, 3.05) is 13.1 Å². The number of carboxylic acid groups (broad SMARTS) is 1. The minimum atomic E-state index is -1.10. The first-order chi connectivity index (χ1) is 9.16. The van der Waals surface area contributed by atoms with Crippen LogP contribution in [0, 0.1) is 5.92 Å². The molecule has 1 aromatic rings. The van der Waals surface area contributed by atoms with E-state index < -0.39 is 18.0 Å². The van der Waals surface area contributed by atoms with Crippen molar-refractivity contribution in [3.63, 3.8) is 0 Å². The fourth-order valence-electron chi connectivity index (χ4n) is 2.15. The quantitative estimate of drug-likeness (QED) is 0.807. The highest BCUT2D eigenvalue weighted by Gasteiger charge is 2.25. The second-order valence-corrected chi connectivity index (χ2v) is 4.64. The molecule has 0 spiro atoms. The molecule has 0 saturated carbocycles. The summed E-state index contributed by atoms with van der Waals surface area (Å²) in [5.74, 6) is -1.68. The predicted octanol–water partition coefficient (Wildman–Crippen LogP) is 0.785. The average Bonchev–Trinajstić information content (AvgIpc) is 2.46. The first-order valence-electron chi connectivity index (χ1n) is 6.33. The van der Waals surface area contributed by atoms with Gasteiger partial charge in [0.25, 0.3) is 0 Å². The standard InChI is InChI=1S/C14H17NO4/c16-13(17)12-7-4-8-15(9-12)14(18)19-10-11-5-2-1-3-6-11/h1-3,5-6,12H,4,7-10H2,(H,16,17)/p-1/t12-/m0/s1. The van der Waals surface area contributed by atoms with Gasteiger partial charge in [-0.3, -0.25) is 0 Å². The lowest BCUT2D eigenvalue weighted by molar-refractivity contribution is -0.312. The second-order valence-electron chi connectivity index (χ2n) is 4.64. The largest absolute Gasteiger partial charge is 0.550 e. The van der Waals surface area contributed by atoms with Crippen LogP contribution in [-0.4, -0.2) is 30.1 Å². The Morgan fingerprint density at radius 1 is 1.32 bits per heavy atom. The van der Waals surface area contributed by atoms with Crippen molar-refractivity contribution in [1.82, 2.24) is 4.90 Å². The number of nitrogens with zero attached hydrogens (tertiary/aromatic N) is 1. The van der Waals surface area contributed by atoms with Crippen molar-refractivity contribution in [2.24, 2.45) is 5.92 Å². The fraction of sp³-hybridized carbons (Fsp3) is 0.429. The summed E-state index contributed by atoms with van der Waals surface area (Å²) in [5.41, 5.74) is 0.907. The maximum absolute atomic E-state index is 11.8. The number of likely N-dealkylation sites (tertiary alicyclic amines) is 1. The zero-order valence-corrected chi connectivity index (χ0v) is 10.6. The van der Waals surface area contributed by atoms with E-state index in [9.17, 15) is 14.7 Å². The van der Waals surface area contributed by atoms with E-state index in [1.54, 1.807) is 0 Å². The zero-order chi connectivity index (χ0) is 13.7. The Morgan fingerprint density at radius 2 is 2.05 bits per heavy atom. The predicted molar refractivity (Wildman–Crippen MR) is 65.9 cm³/mol. The van der Waals surface area contributed by atoms with Crippen LogP contribution in [-0.2, 0) is 16.1 Å². The molecule has 19 heavy (non-hydrogen) atoms. The molecule has 2 rings (SSSR count). The molecule has 5 nitrogen and oxygen atoms in total. The Kier molecular flexibility index (Phi) is 4.39.